The van der Waals surface area contributed by atoms with Crippen molar-refractivity contribution in [2.75, 3.05) is 13.1 Å². The highest BCUT2D eigenvalue weighted by molar-refractivity contribution is 5.95. The molecule has 0 aliphatic rings. The van der Waals surface area contributed by atoms with E-state index < -0.39 is 30.9 Å². The molecule has 0 spiro atoms. The third-order valence-electron chi connectivity index (χ3n) is 2.42. The van der Waals surface area contributed by atoms with Crippen molar-refractivity contribution < 1.29 is 24.6 Å². The summed E-state index contributed by atoms with van der Waals surface area (Å²) in [5.41, 5.74) is 1.80. The average Bonchev–Trinajstić information content (AvgIpc) is 2.34. The van der Waals surface area contributed by atoms with E-state index >= 15 is 0 Å². The first-order valence-corrected chi connectivity index (χ1v) is 5.85. The lowest BCUT2D eigenvalue weighted by Gasteiger charge is -2.16. The molecule has 0 bridgehead atoms. The van der Waals surface area contributed by atoms with E-state index in [2.05, 4.69) is 0 Å². The highest BCUT2D eigenvalue weighted by Gasteiger charge is 2.17. The maximum Gasteiger partial charge on any atom is 0.323 e. The van der Waals surface area contributed by atoms with Crippen LogP contribution in [0.3, 0.4) is 0 Å². The number of hydrogen-bond acceptors (Lipinski definition) is 3. The van der Waals surface area contributed by atoms with E-state index in [1.165, 1.54) is 12.2 Å². The zero-order valence-corrected chi connectivity index (χ0v) is 10.9. The second-order valence-electron chi connectivity index (χ2n) is 4.23. The number of carbonyl (C=O) groups excluding carboxylic acids is 1. The fourth-order valence-electron chi connectivity index (χ4n) is 1.58. The predicted molar refractivity (Wildman–Crippen MR) is 72.1 cm³/mol. The Hall–Kier alpha value is -2.63. The van der Waals surface area contributed by atoms with Gasteiger partial charge in [-0.2, -0.15) is 0 Å². The number of benzene rings is 1. The molecule has 0 atom stereocenters. The molecule has 1 aromatic rings. The molecule has 0 aromatic heterocycles. The van der Waals surface area contributed by atoms with Crippen LogP contribution < -0.4 is 0 Å². The SMILES string of the molecule is Cc1cccc(C=CC(=O)N(CC(=O)O)CC(=O)O)c1. The Balaban J connectivity index is 2.79. The molecule has 6 nitrogen and oxygen atoms in total. The molecule has 0 unspecified atom stereocenters. The number of aliphatic carboxylic acids is 2. The number of amides is 1. The number of carboxylic acids is 2. The van der Waals surface area contributed by atoms with Crippen molar-refractivity contribution >= 4 is 23.9 Å². The van der Waals surface area contributed by atoms with Crippen LogP contribution in [-0.4, -0.2) is 46.0 Å². The van der Waals surface area contributed by atoms with E-state index in [9.17, 15) is 14.4 Å². The monoisotopic (exact) mass is 277 g/mol. The summed E-state index contributed by atoms with van der Waals surface area (Å²) in [6.45, 7) is 0.604. The quantitative estimate of drug-likeness (QED) is 0.756. The van der Waals surface area contributed by atoms with E-state index in [1.807, 2.05) is 25.1 Å². The first-order chi connectivity index (χ1) is 9.38. The van der Waals surface area contributed by atoms with E-state index in [-0.39, 0.29) is 0 Å². The third kappa shape index (κ3) is 5.34. The van der Waals surface area contributed by atoms with Crippen LogP contribution >= 0.6 is 0 Å². The van der Waals surface area contributed by atoms with Gasteiger partial charge in [0.05, 0.1) is 0 Å². The molecular weight excluding hydrogens is 262 g/mol. The molecule has 0 saturated heterocycles. The van der Waals surface area contributed by atoms with Crippen LogP contribution in [0.1, 0.15) is 11.1 Å². The normalized spacial score (nSPS) is 10.4. The number of rotatable bonds is 6. The highest BCUT2D eigenvalue weighted by atomic mass is 16.4. The van der Waals surface area contributed by atoms with Crippen LogP contribution in [0.2, 0.25) is 0 Å². The fourth-order valence-corrected chi connectivity index (χ4v) is 1.58. The molecule has 6 heteroatoms. The van der Waals surface area contributed by atoms with Crippen LogP contribution in [0.5, 0.6) is 0 Å². The van der Waals surface area contributed by atoms with Gasteiger partial charge in [0.1, 0.15) is 13.1 Å². The van der Waals surface area contributed by atoms with E-state index in [0.717, 1.165) is 16.0 Å². The molecule has 0 saturated carbocycles. The number of nitrogens with zero attached hydrogens (tertiary/aromatic N) is 1. The van der Waals surface area contributed by atoms with E-state index in [4.69, 9.17) is 10.2 Å². The van der Waals surface area contributed by atoms with Crippen LogP contribution in [0, 0.1) is 6.92 Å². The van der Waals surface area contributed by atoms with Crippen molar-refractivity contribution in [3.8, 4) is 0 Å². The Morgan fingerprint density at radius 2 is 1.75 bits per heavy atom. The predicted octanol–water partition coefficient (Wildman–Crippen LogP) is 1.01. The highest BCUT2D eigenvalue weighted by Crippen LogP contribution is 2.06. The summed E-state index contributed by atoms with van der Waals surface area (Å²) in [7, 11) is 0. The topological polar surface area (TPSA) is 94.9 Å². The van der Waals surface area contributed by atoms with Crippen LogP contribution in [0.25, 0.3) is 6.08 Å². The van der Waals surface area contributed by atoms with Gasteiger partial charge >= 0.3 is 11.9 Å². The Bertz CT molecular complexity index is 534. The van der Waals surface area contributed by atoms with Gasteiger partial charge in [0, 0.05) is 6.08 Å². The minimum absolute atomic E-state index is 0.650. The van der Waals surface area contributed by atoms with Gasteiger partial charge in [0.15, 0.2) is 0 Å². The molecule has 1 amide bonds. The lowest BCUT2D eigenvalue weighted by molar-refractivity contribution is -0.147. The third-order valence-corrected chi connectivity index (χ3v) is 2.42. The van der Waals surface area contributed by atoms with Crippen molar-refractivity contribution in [2.24, 2.45) is 0 Å². The molecule has 2 N–H and O–H groups in total. The average molecular weight is 277 g/mol. The minimum atomic E-state index is -1.26. The number of aryl methyl sites for hydroxylation is 1. The Labute approximate surface area is 115 Å². The van der Waals surface area contributed by atoms with Crippen molar-refractivity contribution in [3.63, 3.8) is 0 Å². The van der Waals surface area contributed by atoms with Crippen LogP contribution in [0.4, 0.5) is 0 Å². The van der Waals surface area contributed by atoms with Gasteiger partial charge in [-0.15, -0.1) is 0 Å². The maximum absolute atomic E-state index is 11.8. The molecule has 0 aliphatic heterocycles. The van der Waals surface area contributed by atoms with Crippen molar-refractivity contribution in [3.05, 3.63) is 41.5 Å². The maximum atomic E-state index is 11.8. The molecule has 1 rings (SSSR count). The van der Waals surface area contributed by atoms with Crippen LogP contribution in [0.15, 0.2) is 30.3 Å². The number of carbonyl (C=O) groups is 3. The molecule has 106 valence electrons. The van der Waals surface area contributed by atoms with Gasteiger partial charge in [-0.25, -0.2) is 0 Å². The zero-order valence-electron chi connectivity index (χ0n) is 10.9. The van der Waals surface area contributed by atoms with Crippen LogP contribution in [-0.2, 0) is 14.4 Å². The molecule has 0 heterocycles. The lowest BCUT2D eigenvalue weighted by Crippen LogP contribution is -2.38. The second kappa shape index (κ2) is 7.08. The summed E-state index contributed by atoms with van der Waals surface area (Å²) in [5.74, 6) is -3.18. The summed E-state index contributed by atoms with van der Waals surface area (Å²) >= 11 is 0. The summed E-state index contributed by atoms with van der Waals surface area (Å²) in [6.07, 6.45) is 2.69. The van der Waals surface area contributed by atoms with Gasteiger partial charge in [-0.05, 0) is 18.6 Å². The number of carboxylic acid groups (broad SMARTS) is 2. The summed E-state index contributed by atoms with van der Waals surface area (Å²) < 4.78 is 0. The van der Waals surface area contributed by atoms with Gasteiger partial charge in [0.2, 0.25) is 5.91 Å². The molecule has 20 heavy (non-hydrogen) atoms. The molecule has 0 fully saturated rings. The molecular formula is C14H15NO5. The zero-order chi connectivity index (χ0) is 15.1. The van der Waals surface area contributed by atoms with Gasteiger partial charge < -0.3 is 15.1 Å². The largest absolute Gasteiger partial charge is 0.480 e. The first-order valence-electron chi connectivity index (χ1n) is 5.85. The first kappa shape index (κ1) is 15.4. The lowest BCUT2D eigenvalue weighted by atomic mass is 10.1. The standard InChI is InChI=1S/C14H15NO5/c1-10-3-2-4-11(7-10)5-6-12(16)15(8-13(17)18)9-14(19)20/h2-7H,8-9H2,1H3,(H,17,18)(H,19,20). The smallest absolute Gasteiger partial charge is 0.323 e. The molecule has 0 aliphatic carbocycles. The number of hydrogen-bond donors (Lipinski definition) is 2. The van der Waals surface area contributed by atoms with E-state index in [1.54, 1.807) is 6.07 Å². The Morgan fingerprint density at radius 3 is 2.25 bits per heavy atom. The van der Waals surface area contributed by atoms with Gasteiger partial charge in [-0.1, -0.05) is 29.8 Å². The van der Waals surface area contributed by atoms with E-state index in [0.29, 0.717) is 0 Å². The fraction of sp³-hybridized carbons (Fsp3) is 0.214. The molecule has 0 radical (unpaired) electrons. The van der Waals surface area contributed by atoms with Crippen molar-refractivity contribution in [1.82, 2.24) is 4.90 Å². The Kier molecular flexibility index (Phi) is 5.46. The van der Waals surface area contributed by atoms with Gasteiger partial charge in [-0.3, -0.25) is 14.4 Å². The summed E-state index contributed by atoms with van der Waals surface area (Å²) in [6, 6.07) is 7.37. The summed E-state index contributed by atoms with van der Waals surface area (Å²) in [5, 5.41) is 17.3. The molecule has 1 aromatic carbocycles. The summed E-state index contributed by atoms with van der Waals surface area (Å²) in [4.78, 5) is 33.7. The van der Waals surface area contributed by atoms with Crippen molar-refractivity contribution in [1.29, 1.82) is 0 Å². The van der Waals surface area contributed by atoms with Crippen molar-refractivity contribution in [2.45, 2.75) is 6.92 Å². The Morgan fingerprint density at radius 1 is 1.15 bits per heavy atom. The second-order valence-corrected chi connectivity index (χ2v) is 4.23. The minimum Gasteiger partial charge on any atom is -0.480 e. The van der Waals surface area contributed by atoms with Gasteiger partial charge in [0.25, 0.3) is 0 Å².